The first-order valence-corrected chi connectivity index (χ1v) is 10.3. The monoisotopic (exact) mass is 450 g/mol. The van der Waals surface area contributed by atoms with Gasteiger partial charge in [-0.05, 0) is 0 Å². The Morgan fingerprint density at radius 2 is 2.14 bits per heavy atom. The van der Waals surface area contributed by atoms with Crippen LogP contribution in [0.15, 0.2) is 12.7 Å². The van der Waals surface area contributed by atoms with Gasteiger partial charge in [-0.3, -0.25) is 13.9 Å². The molecule has 0 unspecified atom stereocenters. The molecule has 16 heteroatoms. The molecule has 29 heavy (non-hydrogen) atoms. The first-order chi connectivity index (χ1) is 13.6. The highest BCUT2D eigenvalue weighted by molar-refractivity contribution is 7.80. The van der Waals surface area contributed by atoms with Crippen molar-refractivity contribution in [2.24, 2.45) is 5.73 Å². The molecule has 160 valence electrons. The fourth-order valence-electron chi connectivity index (χ4n) is 2.75. The molecule has 0 amide bonds. The lowest BCUT2D eigenvalue weighted by Crippen LogP contribution is -2.43. The lowest BCUT2D eigenvalue weighted by molar-refractivity contribution is -0.157. The van der Waals surface area contributed by atoms with Crippen molar-refractivity contribution in [3.63, 3.8) is 0 Å². The van der Waals surface area contributed by atoms with Gasteiger partial charge in [0.1, 0.15) is 30.1 Å². The highest BCUT2D eigenvalue weighted by Gasteiger charge is 2.48. The molecule has 7 N–H and O–H groups in total. The molecule has 2 aromatic heterocycles. The van der Waals surface area contributed by atoms with E-state index >= 15 is 0 Å². The number of esters is 1. The van der Waals surface area contributed by atoms with Crippen LogP contribution in [0, 0.1) is 0 Å². The second kappa shape index (κ2) is 8.49. The van der Waals surface area contributed by atoms with Crippen molar-refractivity contribution in [3.8, 4) is 0 Å². The molecule has 0 radical (unpaired) electrons. The lowest BCUT2D eigenvalue weighted by atomic mass is 10.1. The summed E-state index contributed by atoms with van der Waals surface area (Å²) < 4.78 is 27.7. The average Bonchev–Trinajstić information content (AvgIpc) is 3.21. The van der Waals surface area contributed by atoms with Crippen LogP contribution in [0.4, 0.5) is 5.82 Å². The van der Waals surface area contributed by atoms with Crippen LogP contribution in [0.3, 0.4) is 0 Å². The predicted molar refractivity (Wildman–Crippen MR) is 99.4 cm³/mol. The Morgan fingerprint density at radius 3 is 2.79 bits per heavy atom. The lowest BCUT2D eigenvalue weighted by Gasteiger charge is -2.22. The molecule has 1 fully saturated rings. The van der Waals surface area contributed by atoms with Crippen LogP contribution >= 0.6 is 20.5 Å². The fourth-order valence-corrected chi connectivity index (χ4v) is 3.24. The maximum Gasteiger partial charge on any atom is 0.469 e. The van der Waals surface area contributed by atoms with E-state index in [0.29, 0.717) is 0 Å². The molecule has 0 aromatic carbocycles. The van der Waals surface area contributed by atoms with Gasteiger partial charge < -0.3 is 35.8 Å². The van der Waals surface area contributed by atoms with Crippen LogP contribution < -0.4 is 11.5 Å². The smallest absolute Gasteiger partial charge is 0.455 e. The van der Waals surface area contributed by atoms with Crippen molar-refractivity contribution < 1.29 is 38.3 Å². The minimum Gasteiger partial charge on any atom is -0.455 e. The minimum absolute atomic E-state index is 0.0159. The highest BCUT2D eigenvalue weighted by atomic mass is 32.1. The molecule has 3 rings (SSSR count). The molecule has 1 aliphatic heterocycles. The number of hydrogen-bond donors (Lipinski definition) is 6. The third-order valence-electron chi connectivity index (χ3n) is 4.13. The number of nitrogen functional groups attached to an aromatic ring is 1. The quantitative estimate of drug-likeness (QED) is 0.152. The zero-order chi connectivity index (χ0) is 21.3. The van der Waals surface area contributed by atoms with E-state index in [9.17, 15) is 14.5 Å². The Labute approximate surface area is 168 Å². The number of aromatic nitrogens is 4. The van der Waals surface area contributed by atoms with Crippen molar-refractivity contribution >= 4 is 43.4 Å². The Hall–Kier alpha value is -1.84. The first-order valence-electron chi connectivity index (χ1n) is 8.16. The summed E-state index contributed by atoms with van der Waals surface area (Å²) in [6, 6.07) is -1.07. The van der Waals surface area contributed by atoms with E-state index < -0.39 is 51.0 Å². The number of nitrogens with two attached hydrogens (primary N) is 2. The molecule has 0 spiro atoms. The van der Waals surface area contributed by atoms with Gasteiger partial charge in [0, 0.05) is 5.75 Å². The van der Waals surface area contributed by atoms with Crippen molar-refractivity contribution in [1.82, 2.24) is 19.5 Å². The molecule has 2 aromatic rings. The number of fused-ring (bicyclic) bond motifs is 1. The normalized spacial score (nSPS) is 26.0. The van der Waals surface area contributed by atoms with Crippen LogP contribution in [-0.4, -0.2) is 77.1 Å². The van der Waals surface area contributed by atoms with E-state index in [2.05, 4.69) is 32.1 Å². The van der Waals surface area contributed by atoms with E-state index in [1.165, 1.54) is 17.2 Å². The van der Waals surface area contributed by atoms with Crippen LogP contribution in [0.5, 0.6) is 0 Å². The summed E-state index contributed by atoms with van der Waals surface area (Å²) in [6.45, 7) is -0.671. The number of rotatable bonds is 7. The van der Waals surface area contributed by atoms with Crippen LogP contribution in [0.1, 0.15) is 6.23 Å². The summed E-state index contributed by atoms with van der Waals surface area (Å²) in [6.07, 6.45) is -2.74. The van der Waals surface area contributed by atoms with Crippen LogP contribution in [0.2, 0.25) is 0 Å². The maximum atomic E-state index is 12.1. The number of anilines is 1. The van der Waals surface area contributed by atoms with Crippen LogP contribution in [0.25, 0.3) is 11.2 Å². The second-order valence-electron chi connectivity index (χ2n) is 6.12. The molecule has 0 aliphatic carbocycles. The van der Waals surface area contributed by atoms with Gasteiger partial charge in [-0.15, -0.1) is 0 Å². The van der Waals surface area contributed by atoms with Crippen molar-refractivity contribution in [3.05, 3.63) is 12.7 Å². The Morgan fingerprint density at radius 1 is 1.41 bits per heavy atom. The van der Waals surface area contributed by atoms with E-state index in [1.807, 2.05) is 0 Å². The number of phosphoric acid groups is 1. The first kappa shape index (κ1) is 21.9. The van der Waals surface area contributed by atoms with Gasteiger partial charge in [0.05, 0.1) is 12.9 Å². The summed E-state index contributed by atoms with van der Waals surface area (Å²) in [5, 5.41) is 10.7. The number of phosphoric ester groups is 1. The number of aliphatic hydroxyl groups excluding tert-OH is 1. The number of thiol groups is 1. The zero-order valence-corrected chi connectivity index (χ0v) is 16.5. The third kappa shape index (κ3) is 4.67. The summed E-state index contributed by atoms with van der Waals surface area (Å²) in [4.78, 5) is 41.9. The number of carbonyl (C=O) groups is 1. The van der Waals surface area contributed by atoms with Crippen molar-refractivity contribution in [2.45, 2.75) is 30.6 Å². The maximum absolute atomic E-state index is 12.1. The Kier molecular flexibility index (Phi) is 6.40. The van der Waals surface area contributed by atoms with Gasteiger partial charge in [0.25, 0.3) is 0 Å². The number of aliphatic hydroxyl groups is 1. The topological polar surface area (TPSA) is 218 Å². The molecular formula is C13H19N6O8PS. The van der Waals surface area contributed by atoms with Gasteiger partial charge in [-0.2, -0.15) is 12.6 Å². The fraction of sp³-hybridized carbons (Fsp3) is 0.538. The third-order valence-corrected chi connectivity index (χ3v) is 5.01. The summed E-state index contributed by atoms with van der Waals surface area (Å²) in [5.74, 6) is -0.792. The van der Waals surface area contributed by atoms with Crippen LogP contribution in [-0.2, 0) is 23.4 Å². The number of nitrogens with zero attached hydrogens (tertiary/aromatic N) is 4. The molecule has 14 nitrogen and oxygen atoms in total. The van der Waals surface area contributed by atoms with E-state index in [1.54, 1.807) is 0 Å². The standard InChI is InChI=1S/C13H19N6O8PS/c14-5(2-29)13(21)27-9-6(1-25-28(22,23)24)26-12(8(9)20)19-4-18-7-10(15)16-3-17-11(7)19/h3-6,8-9,12,20,29H,1-2,14H2,(H2,15,16,17)(H2,22,23,24)/t5-,6+,8+,9+,12+/m0/s1. The van der Waals surface area contributed by atoms with E-state index in [4.69, 9.17) is 30.7 Å². The second-order valence-corrected chi connectivity index (χ2v) is 7.72. The molecule has 1 aliphatic rings. The molecule has 5 atom stereocenters. The van der Waals surface area contributed by atoms with E-state index in [-0.39, 0.29) is 22.7 Å². The highest BCUT2D eigenvalue weighted by Crippen LogP contribution is 2.39. The Balaban J connectivity index is 1.89. The molecule has 1 saturated heterocycles. The number of carbonyl (C=O) groups excluding carboxylic acids is 1. The van der Waals surface area contributed by atoms with Gasteiger partial charge in [0.2, 0.25) is 0 Å². The SMILES string of the molecule is Nc1ncnc2c1ncn2[C@@H]1O[C@H](COP(=O)(O)O)[C@@H](OC(=O)[C@@H](N)CS)[C@H]1O. The summed E-state index contributed by atoms with van der Waals surface area (Å²) in [5.41, 5.74) is 11.8. The van der Waals surface area contributed by atoms with Gasteiger partial charge in [-0.1, -0.05) is 0 Å². The van der Waals surface area contributed by atoms with Gasteiger partial charge in [0.15, 0.2) is 23.8 Å². The summed E-state index contributed by atoms with van der Waals surface area (Å²) in [7, 11) is -4.84. The molecule has 3 heterocycles. The van der Waals surface area contributed by atoms with Gasteiger partial charge in [-0.25, -0.2) is 19.5 Å². The van der Waals surface area contributed by atoms with Gasteiger partial charge >= 0.3 is 13.8 Å². The number of imidazole rings is 1. The average molecular weight is 450 g/mol. The summed E-state index contributed by atoms with van der Waals surface area (Å²) >= 11 is 3.91. The van der Waals surface area contributed by atoms with Crippen molar-refractivity contribution in [2.75, 3.05) is 18.1 Å². The molecule has 0 saturated carbocycles. The Bertz CT molecular complexity index is 939. The van der Waals surface area contributed by atoms with Crippen molar-refractivity contribution in [1.29, 1.82) is 0 Å². The van der Waals surface area contributed by atoms with E-state index in [0.717, 1.165) is 0 Å². The number of hydrogen-bond acceptors (Lipinski definition) is 12. The minimum atomic E-state index is -4.84. The molecule has 0 bridgehead atoms. The molecular weight excluding hydrogens is 431 g/mol. The predicted octanol–water partition coefficient (Wildman–Crippen LogP) is -2.05. The number of ether oxygens (including phenoxy) is 2. The largest absolute Gasteiger partial charge is 0.469 e. The zero-order valence-electron chi connectivity index (χ0n) is 14.7.